The van der Waals surface area contributed by atoms with Crippen molar-refractivity contribution in [3.05, 3.63) is 0 Å². The number of methoxy groups -OCH3 is 1. The van der Waals surface area contributed by atoms with Crippen LogP contribution in [0.5, 0.6) is 0 Å². The molecule has 0 aromatic heterocycles. The topological polar surface area (TPSA) is 55.6 Å². The smallest absolute Gasteiger partial charge is 0.248 e. The van der Waals surface area contributed by atoms with Crippen molar-refractivity contribution >= 4 is 5.91 Å². The SMILES string of the molecule is COCC(=O)N1CCC2(CCCCC2N)CC1. The third-order valence-corrected chi connectivity index (χ3v) is 4.61. The van der Waals surface area contributed by atoms with Crippen LogP contribution in [0.3, 0.4) is 0 Å². The van der Waals surface area contributed by atoms with Crippen LogP contribution in [0.25, 0.3) is 0 Å². The number of nitrogens with zero attached hydrogens (tertiary/aromatic N) is 1. The molecule has 17 heavy (non-hydrogen) atoms. The minimum absolute atomic E-state index is 0.117. The molecule has 0 aromatic rings. The van der Waals surface area contributed by atoms with Crippen LogP contribution >= 0.6 is 0 Å². The van der Waals surface area contributed by atoms with Crippen molar-refractivity contribution in [2.24, 2.45) is 11.1 Å². The molecule has 1 saturated heterocycles. The zero-order valence-corrected chi connectivity index (χ0v) is 10.8. The summed E-state index contributed by atoms with van der Waals surface area (Å²) >= 11 is 0. The molecule has 2 N–H and O–H groups in total. The molecule has 1 unspecified atom stereocenters. The maximum absolute atomic E-state index is 11.7. The van der Waals surface area contributed by atoms with E-state index in [-0.39, 0.29) is 12.5 Å². The van der Waals surface area contributed by atoms with Crippen LogP contribution in [0, 0.1) is 5.41 Å². The minimum Gasteiger partial charge on any atom is -0.375 e. The molecule has 1 spiro atoms. The summed E-state index contributed by atoms with van der Waals surface area (Å²) in [6, 6.07) is 0.343. The number of hydrogen-bond donors (Lipinski definition) is 1. The number of likely N-dealkylation sites (tertiary alicyclic amines) is 1. The van der Waals surface area contributed by atoms with Gasteiger partial charge in [-0.05, 0) is 31.1 Å². The minimum atomic E-state index is 0.117. The first-order chi connectivity index (χ1) is 8.18. The lowest BCUT2D eigenvalue weighted by molar-refractivity contribution is -0.138. The normalized spacial score (nSPS) is 28.4. The average molecular weight is 240 g/mol. The van der Waals surface area contributed by atoms with Crippen LogP contribution in [-0.4, -0.2) is 43.7 Å². The van der Waals surface area contributed by atoms with E-state index in [1.807, 2.05) is 4.90 Å². The maximum Gasteiger partial charge on any atom is 0.248 e. The second-order valence-electron chi connectivity index (χ2n) is 5.53. The van der Waals surface area contributed by atoms with E-state index in [1.165, 1.54) is 19.3 Å². The number of nitrogens with two attached hydrogens (primary N) is 1. The maximum atomic E-state index is 11.7. The number of piperidine rings is 1. The van der Waals surface area contributed by atoms with Gasteiger partial charge < -0.3 is 15.4 Å². The van der Waals surface area contributed by atoms with Crippen LogP contribution in [0.4, 0.5) is 0 Å². The Morgan fingerprint density at radius 1 is 1.35 bits per heavy atom. The largest absolute Gasteiger partial charge is 0.375 e. The van der Waals surface area contributed by atoms with Crippen molar-refractivity contribution in [2.75, 3.05) is 26.8 Å². The molecule has 1 atom stereocenters. The van der Waals surface area contributed by atoms with Crippen molar-refractivity contribution in [3.63, 3.8) is 0 Å². The van der Waals surface area contributed by atoms with E-state index in [2.05, 4.69) is 0 Å². The molecule has 1 heterocycles. The van der Waals surface area contributed by atoms with Gasteiger partial charge in [-0.1, -0.05) is 12.8 Å². The highest BCUT2D eigenvalue weighted by atomic mass is 16.5. The fourth-order valence-corrected chi connectivity index (χ4v) is 3.37. The molecular weight excluding hydrogens is 216 g/mol. The van der Waals surface area contributed by atoms with Gasteiger partial charge in [-0.3, -0.25) is 4.79 Å². The Kier molecular flexibility index (Phi) is 4.05. The number of hydrogen-bond acceptors (Lipinski definition) is 3. The fraction of sp³-hybridized carbons (Fsp3) is 0.923. The number of carbonyl (C=O) groups excluding carboxylic acids is 1. The highest BCUT2D eigenvalue weighted by Crippen LogP contribution is 2.43. The van der Waals surface area contributed by atoms with Gasteiger partial charge in [-0.15, -0.1) is 0 Å². The average Bonchev–Trinajstić information content (AvgIpc) is 2.34. The van der Waals surface area contributed by atoms with Gasteiger partial charge >= 0.3 is 0 Å². The zero-order valence-electron chi connectivity index (χ0n) is 10.8. The molecule has 4 nitrogen and oxygen atoms in total. The summed E-state index contributed by atoms with van der Waals surface area (Å²) < 4.78 is 4.90. The van der Waals surface area contributed by atoms with Gasteiger partial charge in [-0.2, -0.15) is 0 Å². The Morgan fingerprint density at radius 3 is 2.65 bits per heavy atom. The molecule has 0 bridgehead atoms. The zero-order chi connectivity index (χ0) is 12.3. The van der Waals surface area contributed by atoms with Crippen LogP contribution in [0.2, 0.25) is 0 Å². The summed E-state index contributed by atoms with van der Waals surface area (Å²) in [6.07, 6.45) is 7.13. The monoisotopic (exact) mass is 240 g/mol. The lowest BCUT2D eigenvalue weighted by Gasteiger charge is -2.48. The van der Waals surface area contributed by atoms with Crippen LogP contribution in [0.15, 0.2) is 0 Å². The Morgan fingerprint density at radius 2 is 2.06 bits per heavy atom. The van der Waals surface area contributed by atoms with Crippen molar-refractivity contribution in [2.45, 2.75) is 44.6 Å². The van der Waals surface area contributed by atoms with E-state index < -0.39 is 0 Å². The number of amides is 1. The predicted octanol–water partition coefficient (Wildman–Crippen LogP) is 1.14. The standard InChI is InChI=1S/C13H24N2O2/c1-17-10-12(16)15-8-6-13(7-9-15)5-3-2-4-11(13)14/h11H,2-10,14H2,1H3. The van der Waals surface area contributed by atoms with Crippen molar-refractivity contribution in [3.8, 4) is 0 Å². The van der Waals surface area contributed by atoms with E-state index in [4.69, 9.17) is 10.5 Å². The van der Waals surface area contributed by atoms with Gasteiger partial charge in [0, 0.05) is 26.2 Å². The summed E-state index contributed by atoms with van der Waals surface area (Å²) in [6.45, 7) is 1.92. The Labute approximate surface area is 103 Å². The van der Waals surface area contributed by atoms with Crippen LogP contribution < -0.4 is 5.73 Å². The Balaban J connectivity index is 1.90. The summed E-state index contributed by atoms with van der Waals surface area (Å²) in [5.74, 6) is 0.117. The first-order valence-electron chi connectivity index (χ1n) is 6.70. The van der Waals surface area contributed by atoms with Gasteiger partial charge in [0.05, 0.1) is 0 Å². The number of ether oxygens (including phenoxy) is 1. The molecule has 2 fully saturated rings. The lowest BCUT2D eigenvalue weighted by Crippen LogP contribution is -2.52. The fourth-order valence-electron chi connectivity index (χ4n) is 3.37. The van der Waals surface area contributed by atoms with E-state index >= 15 is 0 Å². The molecule has 0 aromatic carbocycles. The third kappa shape index (κ3) is 2.63. The van der Waals surface area contributed by atoms with Crippen LogP contribution in [0.1, 0.15) is 38.5 Å². The van der Waals surface area contributed by atoms with Crippen molar-refractivity contribution < 1.29 is 9.53 Å². The van der Waals surface area contributed by atoms with E-state index in [9.17, 15) is 4.79 Å². The number of rotatable bonds is 2. The highest BCUT2D eigenvalue weighted by Gasteiger charge is 2.41. The molecule has 2 rings (SSSR count). The van der Waals surface area contributed by atoms with Gasteiger partial charge in [0.1, 0.15) is 6.61 Å². The molecule has 1 amide bonds. The first kappa shape index (κ1) is 12.8. The van der Waals surface area contributed by atoms with Gasteiger partial charge in [0.2, 0.25) is 5.91 Å². The summed E-state index contributed by atoms with van der Waals surface area (Å²) in [4.78, 5) is 13.6. The van der Waals surface area contributed by atoms with E-state index in [0.29, 0.717) is 11.5 Å². The van der Waals surface area contributed by atoms with Crippen LogP contribution in [-0.2, 0) is 9.53 Å². The van der Waals surface area contributed by atoms with Gasteiger partial charge in [-0.25, -0.2) is 0 Å². The van der Waals surface area contributed by atoms with Gasteiger partial charge in [0.15, 0.2) is 0 Å². The van der Waals surface area contributed by atoms with Crippen molar-refractivity contribution in [1.29, 1.82) is 0 Å². The molecular formula is C13H24N2O2. The van der Waals surface area contributed by atoms with E-state index in [1.54, 1.807) is 7.11 Å². The Hall–Kier alpha value is -0.610. The van der Waals surface area contributed by atoms with Crippen molar-refractivity contribution in [1.82, 2.24) is 4.90 Å². The quantitative estimate of drug-likeness (QED) is 0.787. The number of carbonyl (C=O) groups is 1. The molecule has 1 aliphatic heterocycles. The second kappa shape index (κ2) is 5.36. The van der Waals surface area contributed by atoms with E-state index in [0.717, 1.165) is 32.4 Å². The summed E-state index contributed by atoms with van der Waals surface area (Å²) in [5, 5.41) is 0. The summed E-state index contributed by atoms with van der Waals surface area (Å²) in [5.41, 5.74) is 6.62. The van der Waals surface area contributed by atoms with Gasteiger partial charge in [0.25, 0.3) is 0 Å². The lowest BCUT2D eigenvalue weighted by atomic mass is 9.65. The first-order valence-corrected chi connectivity index (χ1v) is 6.70. The second-order valence-corrected chi connectivity index (χ2v) is 5.53. The highest BCUT2D eigenvalue weighted by molar-refractivity contribution is 5.77. The summed E-state index contributed by atoms with van der Waals surface area (Å²) in [7, 11) is 1.57. The molecule has 98 valence electrons. The molecule has 1 aliphatic carbocycles. The Bertz CT molecular complexity index is 273. The molecule has 2 aliphatic rings. The predicted molar refractivity (Wildman–Crippen MR) is 66.6 cm³/mol. The molecule has 0 radical (unpaired) electrons. The molecule has 4 heteroatoms. The molecule has 1 saturated carbocycles. The third-order valence-electron chi connectivity index (χ3n) is 4.61.